The Kier molecular flexibility index (Phi) is 4.30. The number of imide groups is 1. The van der Waals surface area contributed by atoms with Crippen LogP contribution in [0, 0.1) is 15.9 Å². The van der Waals surface area contributed by atoms with E-state index in [0.717, 1.165) is 23.5 Å². The fourth-order valence-corrected chi connectivity index (χ4v) is 2.30. The maximum atomic E-state index is 13.9. The second kappa shape index (κ2) is 5.99. The SMILES string of the molecule is CCC(=O)N(C(=O)c1c(F)cccc1[N+](=O)[O-])C1CCC1. The van der Waals surface area contributed by atoms with Crippen molar-refractivity contribution in [1.29, 1.82) is 0 Å². The first-order chi connectivity index (χ1) is 9.97. The number of carbonyl (C=O) groups excluding carboxylic acids is 2. The molecule has 0 atom stereocenters. The Morgan fingerprint density at radius 2 is 2.10 bits per heavy atom. The molecule has 1 aromatic carbocycles. The van der Waals surface area contributed by atoms with Gasteiger partial charge in [0.05, 0.1) is 4.92 Å². The zero-order chi connectivity index (χ0) is 15.6. The number of halogens is 1. The highest BCUT2D eigenvalue weighted by Gasteiger charge is 2.37. The highest BCUT2D eigenvalue weighted by atomic mass is 19.1. The van der Waals surface area contributed by atoms with Gasteiger partial charge < -0.3 is 0 Å². The molecule has 0 heterocycles. The number of nitro benzene ring substituents is 1. The van der Waals surface area contributed by atoms with E-state index in [9.17, 15) is 24.1 Å². The van der Waals surface area contributed by atoms with Crippen molar-refractivity contribution in [1.82, 2.24) is 4.90 Å². The van der Waals surface area contributed by atoms with Gasteiger partial charge in [0, 0.05) is 18.5 Å². The van der Waals surface area contributed by atoms with Gasteiger partial charge >= 0.3 is 0 Å². The molecular weight excluding hydrogens is 279 g/mol. The summed E-state index contributed by atoms with van der Waals surface area (Å²) in [5.41, 5.74) is -1.26. The zero-order valence-corrected chi connectivity index (χ0v) is 11.5. The summed E-state index contributed by atoms with van der Waals surface area (Å²) in [6.07, 6.45) is 2.27. The van der Waals surface area contributed by atoms with E-state index in [4.69, 9.17) is 0 Å². The Morgan fingerprint density at radius 3 is 2.57 bits per heavy atom. The molecule has 6 nitrogen and oxygen atoms in total. The van der Waals surface area contributed by atoms with E-state index in [2.05, 4.69) is 0 Å². The third-order valence-electron chi connectivity index (χ3n) is 3.63. The average Bonchev–Trinajstić information content (AvgIpc) is 2.40. The van der Waals surface area contributed by atoms with Gasteiger partial charge in [-0.2, -0.15) is 0 Å². The predicted molar refractivity (Wildman–Crippen MR) is 72.2 cm³/mol. The number of hydrogen-bond donors (Lipinski definition) is 0. The van der Waals surface area contributed by atoms with Crippen molar-refractivity contribution in [3.8, 4) is 0 Å². The minimum atomic E-state index is -0.984. The fourth-order valence-electron chi connectivity index (χ4n) is 2.30. The van der Waals surface area contributed by atoms with Gasteiger partial charge in [-0.1, -0.05) is 13.0 Å². The minimum absolute atomic E-state index is 0.0878. The molecule has 112 valence electrons. The van der Waals surface area contributed by atoms with E-state index < -0.39 is 33.8 Å². The van der Waals surface area contributed by atoms with Gasteiger partial charge in [0.25, 0.3) is 11.6 Å². The molecule has 1 aromatic rings. The van der Waals surface area contributed by atoms with Crippen molar-refractivity contribution in [3.63, 3.8) is 0 Å². The molecule has 0 bridgehead atoms. The van der Waals surface area contributed by atoms with Crippen LogP contribution < -0.4 is 0 Å². The lowest BCUT2D eigenvalue weighted by Crippen LogP contribution is -2.48. The number of nitro groups is 1. The van der Waals surface area contributed by atoms with Gasteiger partial charge in [0.1, 0.15) is 5.82 Å². The van der Waals surface area contributed by atoms with Crippen LogP contribution in [0.3, 0.4) is 0 Å². The second-order valence-electron chi connectivity index (χ2n) is 4.90. The molecule has 0 aromatic heterocycles. The molecule has 1 aliphatic rings. The quantitative estimate of drug-likeness (QED) is 0.631. The average molecular weight is 294 g/mol. The van der Waals surface area contributed by atoms with Crippen LogP contribution in [0.15, 0.2) is 18.2 Å². The Labute approximate surface area is 120 Å². The minimum Gasteiger partial charge on any atom is -0.275 e. The fraction of sp³-hybridized carbons (Fsp3) is 0.429. The van der Waals surface area contributed by atoms with Crippen molar-refractivity contribution >= 4 is 17.5 Å². The van der Waals surface area contributed by atoms with Gasteiger partial charge in [-0.05, 0) is 25.3 Å². The van der Waals surface area contributed by atoms with Crippen LogP contribution in [-0.2, 0) is 4.79 Å². The zero-order valence-electron chi connectivity index (χ0n) is 11.5. The number of hydrogen-bond acceptors (Lipinski definition) is 4. The van der Waals surface area contributed by atoms with Crippen LogP contribution in [0.5, 0.6) is 0 Å². The molecule has 2 amide bonds. The maximum Gasteiger partial charge on any atom is 0.285 e. The molecule has 0 saturated heterocycles. The monoisotopic (exact) mass is 294 g/mol. The van der Waals surface area contributed by atoms with Gasteiger partial charge in [-0.15, -0.1) is 0 Å². The number of amides is 2. The highest BCUT2D eigenvalue weighted by molar-refractivity contribution is 6.07. The van der Waals surface area contributed by atoms with E-state index >= 15 is 0 Å². The first-order valence-corrected chi connectivity index (χ1v) is 6.76. The molecular formula is C14H15FN2O4. The summed E-state index contributed by atoms with van der Waals surface area (Å²) in [6.45, 7) is 1.59. The van der Waals surface area contributed by atoms with Gasteiger partial charge in [0.15, 0.2) is 5.56 Å². The molecule has 0 N–H and O–H groups in total. The van der Waals surface area contributed by atoms with Gasteiger partial charge in [0.2, 0.25) is 5.91 Å². The molecule has 21 heavy (non-hydrogen) atoms. The molecule has 1 saturated carbocycles. The Morgan fingerprint density at radius 1 is 1.43 bits per heavy atom. The van der Waals surface area contributed by atoms with Crippen LogP contribution >= 0.6 is 0 Å². The lowest BCUT2D eigenvalue weighted by molar-refractivity contribution is -0.385. The van der Waals surface area contributed by atoms with Crippen LogP contribution in [-0.4, -0.2) is 27.7 Å². The number of nitrogens with zero attached hydrogens (tertiary/aromatic N) is 2. The summed E-state index contributed by atoms with van der Waals surface area (Å²) < 4.78 is 13.9. The summed E-state index contributed by atoms with van der Waals surface area (Å²) in [5.74, 6) is -2.35. The molecule has 7 heteroatoms. The molecule has 0 spiro atoms. The van der Waals surface area contributed by atoms with Crippen LogP contribution in [0.25, 0.3) is 0 Å². The van der Waals surface area contributed by atoms with Crippen molar-refractivity contribution in [3.05, 3.63) is 39.7 Å². The largest absolute Gasteiger partial charge is 0.285 e. The van der Waals surface area contributed by atoms with E-state index in [0.29, 0.717) is 12.8 Å². The molecule has 0 unspecified atom stereocenters. The van der Waals surface area contributed by atoms with Crippen LogP contribution in [0.2, 0.25) is 0 Å². The van der Waals surface area contributed by atoms with Crippen molar-refractivity contribution in [2.24, 2.45) is 0 Å². The van der Waals surface area contributed by atoms with E-state index in [1.165, 1.54) is 6.07 Å². The first kappa shape index (κ1) is 15.1. The summed E-state index contributed by atoms with van der Waals surface area (Å²) >= 11 is 0. The van der Waals surface area contributed by atoms with Crippen LogP contribution in [0.4, 0.5) is 10.1 Å². The summed E-state index contributed by atoms with van der Waals surface area (Å²) in [7, 11) is 0. The standard InChI is InChI=1S/C14H15FN2O4/c1-2-12(18)16(9-5-3-6-9)14(19)13-10(15)7-4-8-11(13)17(20)21/h4,7-9H,2-3,5-6H2,1H3. The molecule has 0 radical (unpaired) electrons. The Bertz CT molecular complexity index is 599. The number of benzene rings is 1. The predicted octanol–water partition coefficient (Wildman–Crippen LogP) is 2.67. The summed E-state index contributed by atoms with van der Waals surface area (Å²) in [6, 6.07) is 2.92. The molecule has 1 fully saturated rings. The summed E-state index contributed by atoms with van der Waals surface area (Å²) in [4.78, 5) is 35.6. The third kappa shape index (κ3) is 2.76. The lowest BCUT2D eigenvalue weighted by Gasteiger charge is -2.35. The van der Waals surface area contributed by atoms with Gasteiger partial charge in [-0.3, -0.25) is 24.6 Å². The molecule has 1 aliphatic carbocycles. The van der Waals surface area contributed by atoms with E-state index in [1.807, 2.05) is 0 Å². The third-order valence-corrected chi connectivity index (χ3v) is 3.63. The molecule has 2 rings (SSSR count). The van der Waals surface area contributed by atoms with E-state index in [1.54, 1.807) is 6.92 Å². The molecule has 0 aliphatic heterocycles. The first-order valence-electron chi connectivity index (χ1n) is 6.76. The summed E-state index contributed by atoms with van der Waals surface area (Å²) in [5, 5.41) is 11.0. The van der Waals surface area contributed by atoms with E-state index in [-0.39, 0.29) is 12.5 Å². The number of rotatable bonds is 4. The van der Waals surface area contributed by atoms with Crippen molar-refractivity contribution in [2.75, 3.05) is 0 Å². The number of carbonyl (C=O) groups is 2. The maximum absolute atomic E-state index is 13.9. The second-order valence-corrected chi connectivity index (χ2v) is 4.90. The Balaban J connectivity index is 2.46. The topological polar surface area (TPSA) is 80.5 Å². The highest BCUT2D eigenvalue weighted by Crippen LogP contribution is 2.30. The Hall–Kier alpha value is -2.31. The lowest BCUT2D eigenvalue weighted by atomic mass is 9.90. The smallest absolute Gasteiger partial charge is 0.275 e. The van der Waals surface area contributed by atoms with Crippen molar-refractivity contribution < 1.29 is 18.9 Å². The van der Waals surface area contributed by atoms with Crippen molar-refractivity contribution in [2.45, 2.75) is 38.6 Å². The van der Waals surface area contributed by atoms with Gasteiger partial charge in [-0.25, -0.2) is 4.39 Å². The van der Waals surface area contributed by atoms with Crippen LogP contribution in [0.1, 0.15) is 43.0 Å². The normalized spacial score (nSPS) is 14.4.